The molecule has 1 rings (SSSR count). The molecule has 1 heterocycles. The lowest BCUT2D eigenvalue weighted by atomic mass is 10.1. The van der Waals surface area contributed by atoms with Crippen LogP contribution in [0.5, 0.6) is 0 Å². The number of carbonyl (C=O) groups is 1. The number of hydrogen-bond donors (Lipinski definition) is 2. The summed E-state index contributed by atoms with van der Waals surface area (Å²) < 4.78 is 0.246. The molecular formula is C8H12ClN3O2S. The zero-order valence-corrected chi connectivity index (χ0v) is 9.81. The fourth-order valence-corrected chi connectivity index (χ4v) is 1.81. The number of aliphatic hydroxyl groups excluding tert-OH is 1. The SMILES string of the molecule is CCC(CCO)NC(=O)c1nnc(Cl)s1. The van der Waals surface area contributed by atoms with Gasteiger partial charge in [-0.3, -0.25) is 4.79 Å². The maximum atomic E-state index is 11.6. The van der Waals surface area contributed by atoms with Crippen molar-refractivity contribution in [2.45, 2.75) is 25.8 Å². The Hall–Kier alpha value is -0.720. The average Bonchev–Trinajstić information content (AvgIpc) is 2.64. The third-order valence-corrected chi connectivity index (χ3v) is 2.92. The van der Waals surface area contributed by atoms with Gasteiger partial charge >= 0.3 is 0 Å². The minimum Gasteiger partial charge on any atom is -0.396 e. The van der Waals surface area contributed by atoms with Crippen LogP contribution in [0.2, 0.25) is 4.47 Å². The normalized spacial score (nSPS) is 12.5. The highest BCUT2D eigenvalue weighted by molar-refractivity contribution is 7.17. The second-order valence-corrected chi connectivity index (χ2v) is 4.51. The summed E-state index contributed by atoms with van der Waals surface area (Å²) in [6.45, 7) is 1.99. The lowest BCUT2D eigenvalue weighted by Gasteiger charge is -2.13. The van der Waals surface area contributed by atoms with Crippen molar-refractivity contribution < 1.29 is 9.90 Å². The Morgan fingerprint density at radius 1 is 1.67 bits per heavy atom. The summed E-state index contributed by atoms with van der Waals surface area (Å²) in [7, 11) is 0. The van der Waals surface area contributed by atoms with Crippen molar-refractivity contribution in [1.29, 1.82) is 0 Å². The summed E-state index contributed by atoms with van der Waals surface area (Å²) >= 11 is 6.60. The van der Waals surface area contributed by atoms with Crippen molar-refractivity contribution in [2.24, 2.45) is 0 Å². The van der Waals surface area contributed by atoms with Crippen LogP contribution < -0.4 is 5.32 Å². The minimum atomic E-state index is -0.292. The van der Waals surface area contributed by atoms with Crippen LogP contribution >= 0.6 is 22.9 Å². The van der Waals surface area contributed by atoms with E-state index >= 15 is 0 Å². The van der Waals surface area contributed by atoms with Crippen molar-refractivity contribution in [3.05, 3.63) is 9.47 Å². The van der Waals surface area contributed by atoms with Gasteiger partial charge in [-0.15, -0.1) is 10.2 Å². The quantitative estimate of drug-likeness (QED) is 0.819. The maximum Gasteiger partial charge on any atom is 0.282 e. The molecule has 1 aromatic heterocycles. The van der Waals surface area contributed by atoms with Gasteiger partial charge in [0.05, 0.1) is 0 Å². The second-order valence-electron chi connectivity index (χ2n) is 2.95. The van der Waals surface area contributed by atoms with E-state index in [9.17, 15) is 4.79 Å². The van der Waals surface area contributed by atoms with Crippen molar-refractivity contribution in [2.75, 3.05) is 6.61 Å². The van der Waals surface area contributed by atoms with Gasteiger partial charge < -0.3 is 10.4 Å². The van der Waals surface area contributed by atoms with Crippen molar-refractivity contribution >= 4 is 28.8 Å². The van der Waals surface area contributed by atoms with Gasteiger partial charge in [-0.2, -0.15) is 0 Å². The molecule has 0 saturated heterocycles. The average molecular weight is 250 g/mol. The van der Waals surface area contributed by atoms with Gasteiger partial charge in [-0.05, 0) is 24.4 Å². The second kappa shape index (κ2) is 5.99. The van der Waals surface area contributed by atoms with E-state index in [0.29, 0.717) is 6.42 Å². The number of nitrogens with one attached hydrogen (secondary N) is 1. The zero-order chi connectivity index (χ0) is 11.3. The van der Waals surface area contributed by atoms with E-state index < -0.39 is 0 Å². The van der Waals surface area contributed by atoms with Gasteiger partial charge in [0.15, 0.2) is 0 Å². The van der Waals surface area contributed by atoms with Crippen LogP contribution in [0.3, 0.4) is 0 Å². The molecule has 0 aliphatic carbocycles. The molecule has 0 aromatic carbocycles. The highest BCUT2D eigenvalue weighted by Gasteiger charge is 2.15. The number of aromatic nitrogens is 2. The van der Waals surface area contributed by atoms with Crippen LogP contribution in [0.4, 0.5) is 0 Å². The zero-order valence-electron chi connectivity index (χ0n) is 8.23. The Labute approximate surface area is 96.5 Å². The molecule has 5 nitrogen and oxygen atoms in total. The third-order valence-electron chi connectivity index (χ3n) is 1.90. The molecular weight excluding hydrogens is 238 g/mol. The molecule has 0 aliphatic heterocycles. The molecule has 0 bridgehead atoms. The summed E-state index contributed by atoms with van der Waals surface area (Å²) in [6.07, 6.45) is 1.30. The van der Waals surface area contributed by atoms with E-state index in [1.54, 1.807) is 0 Å². The van der Waals surface area contributed by atoms with Crippen LogP contribution in [-0.2, 0) is 0 Å². The van der Waals surface area contributed by atoms with Gasteiger partial charge in [-0.25, -0.2) is 0 Å². The Balaban J connectivity index is 2.54. The number of hydrogen-bond acceptors (Lipinski definition) is 5. The maximum absolute atomic E-state index is 11.6. The Morgan fingerprint density at radius 2 is 2.40 bits per heavy atom. The molecule has 15 heavy (non-hydrogen) atoms. The lowest BCUT2D eigenvalue weighted by Crippen LogP contribution is -2.35. The lowest BCUT2D eigenvalue weighted by molar-refractivity contribution is 0.0928. The Morgan fingerprint density at radius 3 is 2.87 bits per heavy atom. The fourth-order valence-electron chi connectivity index (χ4n) is 1.08. The molecule has 0 spiro atoms. The van der Waals surface area contributed by atoms with E-state index in [0.717, 1.165) is 17.8 Å². The van der Waals surface area contributed by atoms with Crippen molar-refractivity contribution in [3.63, 3.8) is 0 Å². The highest BCUT2D eigenvalue weighted by Crippen LogP contribution is 2.14. The van der Waals surface area contributed by atoms with Crippen LogP contribution in [0.1, 0.15) is 29.6 Å². The van der Waals surface area contributed by atoms with E-state index in [-0.39, 0.29) is 28.0 Å². The topological polar surface area (TPSA) is 75.1 Å². The third kappa shape index (κ3) is 3.73. The van der Waals surface area contributed by atoms with Gasteiger partial charge in [0.2, 0.25) is 9.47 Å². The van der Waals surface area contributed by atoms with Crippen LogP contribution in [0.15, 0.2) is 0 Å². The molecule has 0 saturated carbocycles. The molecule has 1 atom stereocenters. The molecule has 1 amide bonds. The number of carbonyl (C=O) groups excluding carboxylic acids is 1. The number of nitrogens with zero attached hydrogens (tertiary/aromatic N) is 2. The van der Waals surface area contributed by atoms with Gasteiger partial charge in [0.1, 0.15) is 0 Å². The summed E-state index contributed by atoms with van der Waals surface area (Å²) in [6, 6.07) is -0.0369. The fraction of sp³-hybridized carbons (Fsp3) is 0.625. The first-order chi connectivity index (χ1) is 7.17. The standard InChI is InChI=1S/C8H12ClN3O2S/c1-2-5(3-4-13)10-6(14)7-11-12-8(9)15-7/h5,13H,2-4H2,1H3,(H,10,14). The number of halogens is 1. The van der Waals surface area contributed by atoms with Crippen molar-refractivity contribution in [3.8, 4) is 0 Å². The number of amides is 1. The monoisotopic (exact) mass is 249 g/mol. The smallest absolute Gasteiger partial charge is 0.282 e. The molecule has 84 valence electrons. The first-order valence-electron chi connectivity index (χ1n) is 4.58. The summed E-state index contributed by atoms with van der Waals surface area (Å²) in [4.78, 5) is 11.6. The first kappa shape index (κ1) is 12.4. The molecule has 0 fully saturated rings. The molecule has 0 radical (unpaired) electrons. The molecule has 1 unspecified atom stereocenters. The molecule has 0 aliphatic rings. The van der Waals surface area contributed by atoms with Gasteiger partial charge in [0, 0.05) is 12.6 Å². The van der Waals surface area contributed by atoms with E-state index in [1.807, 2.05) is 6.92 Å². The molecule has 2 N–H and O–H groups in total. The van der Waals surface area contributed by atoms with E-state index in [1.165, 1.54) is 0 Å². The van der Waals surface area contributed by atoms with E-state index in [4.69, 9.17) is 16.7 Å². The minimum absolute atomic E-state index is 0.0369. The van der Waals surface area contributed by atoms with Crippen molar-refractivity contribution in [1.82, 2.24) is 15.5 Å². The van der Waals surface area contributed by atoms with Crippen LogP contribution in [-0.4, -0.2) is 33.9 Å². The van der Waals surface area contributed by atoms with Crippen LogP contribution in [0, 0.1) is 0 Å². The highest BCUT2D eigenvalue weighted by atomic mass is 35.5. The van der Waals surface area contributed by atoms with Gasteiger partial charge in [0.25, 0.3) is 5.91 Å². The first-order valence-corrected chi connectivity index (χ1v) is 5.77. The Bertz CT molecular complexity index is 331. The predicted octanol–water partition coefficient (Wildman–Crippen LogP) is 1.08. The molecule has 7 heteroatoms. The predicted molar refractivity (Wildman–Crippen MR) is 58.2 cm³/mol. The largest absolute Gasteiger partial charge is 0.396 e. The number of aliphatic hydroxyl groups is 1. The van der Waals surface area contributed by atoms with E-state index in [2.05, 4.69) is 15.5 Å². The summed E-state index contributed by atoms with van der Waals surface area (Å²) in [5.74, 6) is -0.292. The summed E-state index contributed by atoms with van der Waals surface area (Å²) in [5, 5.41) is 18.9. The summed E-state index contributed by atoms with van der Waals surface area (Å²) in [5.41, 5.74) is 0. The Kier molecular flexibility index (Phi) is 4.93. The van der Waals surface area contributed by atoms with Gasteiger partial charge in [-0.1, -0.05) is 18.3 Å². The number of rotatable bonds is 5. The van der Waals surface area contributed by atoms with Crippen LogP contribution in [0.25, 0.3) is 0 Å². The molecule has 1 aromatic rings.